The highest BCUT2D eigenvalue weighted by molar-refractivity contribution is 9.09. The van der Waals surface area contributed by atoms with Crippen molar-refractivity contribution in [2.75, 3.05) is 0 Å². The molecule has 0 aliphatic rings. The van der Waals surface area contributed by atoms with Crippen molar-refractivity contribution in [1.82, 2.24) is 0 Å². The number of rotatable bonds is 3. The lowest BCUT2D eigenvalue weighted by molar-refractivity contribution is 0.373. The topological polar surface area (TPSA) is 0 Å². The van der Waals surface area contributed by atoms with E-state index in [-0.39, 0.29) is 0 Å². The molecular weight excluding hydrogens is 260 g/mol. The highest BCUT2D eigenvalue weighted by atomic mass is 79.9. The first-order valence-corrected chi connectivity index (χ1v) is 6.90. The summed E-state index contributed by atoms with van der Waals surface area (Å²) < 4.78 is 0. The molecule has 0 aromatic heterocycles. The van der Waals surface area contributed by atoms with E-state index in [4.69, 9.17) is 0 Å². The van der Waals surface area contributed by atoms with Gasteiger partial charge >= 0.3 is 0 Å². The van der Waals surface area contributed by atoms with Crippen molar-refractivity contribution < 1.29 is 0 Å². The Kier molecular flexibility index (Phi) is 4.61. The van der Waals surface area contributed by atoms with E-state index in [9.17, 15) is 0 Å². The Bertz CT molecular complexity index is 347. The standard InChI is InChI=1S/C15H23Br/c1-11-6-7-13(8-12(11)2)9-14(16)10-15(3,4)5/h6-8,14H,9-10H2,1-5H3. The van der Waals surface area contributed by atoms with Crippen molar-refractivity contribution in [2.24, 2.45) is 5.41 Å². The second-order valence-electron chi connectivity index (χ2n) is 5.98. The van der Waals surface area contributed by atoms with Crippen LogP contribution >= 0.6 is 15.9 Å². The molecule has 1 unspecified atom stereocenters. The monoisotopic (exact) mass is 282 g/mol. The molecule has 90 valence electrons. The largest absolute Gasteiger partial charge is 0.0887 e. The van der Waals surface area contributed by atoms with Gasteiger partial charge in [0.2, 0.25) is 0 Å². The number of halogens is 1. The molecule has 0 nitrogen and oxygen atoms in total. The van der Waals surface area contributed by atoms with Crippen LogP contribution in [0.4, 0.5) is 0 Å². The Labute approximate surface area is 109 Å². The van der Waals surface area contributed by atoms with E-state index in [1.54, 1.807) is 0 Å². The summed E-state index contributed by atoms with van der Waals surface area (Å²) in [5, 5.41) is 0. The van der Waals surface area contributed by atoms with E-state index in [1.165, 1.54) is 23.1 Å². The van der Waals surface area contributed by atoms with Gasteiger partial charge in [0, 0.05) is 4.83 Å². The fraction of sp³-hybridized carbons (Fsp3) is 0.600. The first-order valence-electron chi connectivity index (χ1n) is 5.98. The number of hydrogen-bond donors (Lipinski definition) is 0. The van der Waals surface area contributed by atoms with Crippen LogP contribution in [0.1, 0.15) is 43.9 Å². The van der Waals surface area contributed by atoms with Crippen LogP contribution in [0.2, 0.25) is 0 Å². The van der Waals surface area contributed by atoms with Crippen LogP contribution in [0.15, 0.2) is 18.2 Å². The van der Waals surface area contributed by atoms with Crippen LogP contribution in [-0.4, -0.2) is 4.83 Å². The number of benzene rings is 1. The van der Waals surface area contributed by atoms with Crippen LogP contribution in [0, 0.1) is 19.3 Å². The molecule has 0 bridgehead atoms. The summed E-state index contributed by atoms with van der Waals surface area (Å²) in [6.07, 6.45) is 2.33. The average Bonchev–Trinajstić information content (AvgIpc) is 2.08. The van der Waals surface area contributed by atoms with E-state index in [1.807, 2.05) is 0 Å². The number of alkyl halides is 1. The Morgan fingerprint density at radius 2 is 1.75 bits per heavy atom. The van der Waals surface area contributed by atoms with Crippen LogP contribution in [0.25, 0.3) is 0 Å². The third-order valence-electron chi connectivity index (χ3n) is 2.86. The molecule has 0 saturated heterocycles. The zero-order valence-corrected chi connectivity index (χ0v) is 12.7. The summed E-state index contributed by atoms with van der Waals surface area (Å²) in [6.45, 7) is 11.2. The van der Waals surface area contributed by atoms with E-state index in [2.05, 4.69) is 68.7 Å². The van der Waals surface area contributed by atoms with Gasteiger partial charge in [0.15, 0.2) is 0 Å². The smallest absolute Gasteiger partial charge is 0.0191 e. The summed E-state index contributed by atoms with van der Waals surface area (Å²) in [4.78, 5) is 0.578. The van der Waals surface area contributed by atoms with E-state index in [0.29, 0.717) is 10.2 Å². The van der Waals surface area contributed by atoms with Crippen molar-refractivity contribution in [3.8, 4) is 0 Å². The predicted octanol–water partition coefficient (Wildman–Crippen LogP) is 5.05. The molecule has 0 aliphatic carbocycles. The van der Waals surface area contributed by atoms with Gasteiger partial charge in [-0.15, -0.1) is 0 Å². The zero-order valence-electron chi connectivity index (χ0n) is 11.1. The van der Waals surface area contributed by atoms with E-state index >= 15 is 0 Å². The summed E-state index contributed by atoms with van der Waals surface area (Å²) in [7, 11) is 0. The lowest BCUT2D eigenvalue weighted by atomic mass is 9.88. The Morgan fingerprint density at radius 3 is 2.25 bits per heavy atom. The summed E-state index contributed by atoms with van der Waals surface area (Å²) in [6, 6.07) is 6.78. The normalized spacial score (nSPS) is 13.9. The molecule has 0 amide bonds. The van der Waals surface area contributed by atoms with Crippen molar-refractivity contribution in [2.45, 2.75) is 52.3 Å². The molecule has 1 atom stereocenters. The van der Waals surface area contributed by atoms with Crippen LogP contribution in [-0.2, 0) is 6.42 Å². The molecule has 0 fully saturated rings. The number of aryl methyl sites for hydroxylation is 2. The first kappa shape index (κ1) is 13.8. The zero-order chi connectivity index (χ0) is 12.3. The first-order chi connectivity index (χ1) is 7.28. The Hall–Kier alpha value is -0.300. The van der Waals surface area contributed by atoms with Gasteiger partial charge in [0.05, 0.1) is 0 Å². The molecule has 16 heavy (non-hydrogen) atoms. The van der Waals surface area contributed by atoms with Crippen LogP contribution in [0.5, 0.6) is 0 Å². The minimum atomic E-state index is 0.397. The molecule has 0 heterocycles. The highest BCUT2D eigenvalue weighted by Crippen LogP contribution is 2.27. The predicted molar refractivity (Wildman–Crippen MR) is 76.4 cm³/mol. The van der Waals surface area contributed by atoms with Crippen molar-refractivity contribution in [3.05, 3.63) is 34.9 Å². The minimum absolute atomic E-state index is 0.397. The van der Waals surface area contributed by atoms with Gasteiger partial charge in [0.25, 0.3) is 0 Å². The number of hydrogen-bond acceptors (Lipinski definition) is 0. The minimum Gasteiger partial charge on any atom is -0.0887 e. The molecule has 1 aromatic carbocycles. The maximum atomic E-state index is 3.79. The maximum absolute atomic E-state index is 3.79. The molecule has 1 rings (SSSR count). The molecule has 1 aromatic rings. The Morgan fingerprint density at radius 1 is 1.12 bits per heavy atom. The summed E-state index contributed by atoms with van der Waals surface area (Å²) in [5.41, 5.74) is 4.61. The second-order valence-corrected chi connectivity index (χ2v) is 7.28. The van der Waals surface area contributed by atoms with Gasteiger partial charge in [-0.1, -0.05) is 54.9 Å². The van der Waals surface area contributed by atoms with Crippen molar-refractivity contribution >= 4 is 15.9 Å². The van der Waals surface area contributed by atoms with Crippen molar-refractivity contribution in [3.63, 3.8) is 0 Å². The van der Waals surface area contributed by atoms with Gasteiger partial charge in [-0.3, -0.25) is 0 Å². The Balaban J connectivity index is 2.63. The lowest BCUT2D eigenvalue weighted by Gasteiger charge is -2.22. The fourth-order valence-electron chi connectivity index (χ4n) is 1.92. The molecule has 0 N–H and O–H groups in total. The fourth-order valence-corrected chi connectivity index (χ4v) is 3.27. The van der Waals surface area contributed by atoms with Gasteiger partial charge in [0.1, 0.15) is 0 Å². The third kappa shape index (κ3) is 4.69. The second kappa shape index (κ2) is 5.35. The molecule has 1 heteroatoms. The maximum Gasteiger partial charge on any atom is 0.0191 e. The summed E-state index contributed by atoms with van der Waals surface area (Å²) >= 11 is 3.79. The SMILES string of the molecule is Cc1ccc(CC(Br)CC(C)(C)C)cc1C. The van der Waals surface area contributed by atoms with Gasteiger partial charge < -0.3 is 0 Å². The van der Waals surface area contributed by atoms with Crippen LogP contribution in [0.3, 0.4) is 0 Å². The highest BCUT2D eigenvalue weighted by Gasteiger charge is 2.16. The molecule has 0 spiro atoms. The molecule has 0 radical (unpaired) electrons. The average molecular weight is 283 g/mol. The van der Waals surface area contributed by atoms with E-state index < -0.39 is 0 Å². The summed E-state index contributed by atoms with van der Waals surface area (Å²) in [5.74, 6) is 0. The molecule has 0 aliphatic heterocycles. The van der Waals surface area contributed by atoms with Gasteiger partial charge in [-0.05, 0) is 48.8 Å². The van der Waals surface area contributed by atoms with Gasteiger partial charge in [-0.25, -0.2) is 0 Å². The quantitative estimate of drug-likeness (QED) is 0.681. The van der Waals surface area contributed by atoms with E-state index in [0.717, 1.165) is 6.42 Å². The molecule has 0 saturated carbocycles. The van der Waals surface area contributed by atoms with Crippen molar-refractivity contribution in [1.29, 1.82) is 0 Å². The molecular formula is C15H23Br. The third-order valence-corrected chi connectivity index (χ3v) is 3.51. The van der Waals surface area contributed by atoms with Crippen LogP contribution < -0.4 is 0 Å². The lowest BCUT2D eigenvalue weighted by Crippen LogP contribution is -2.14. The van der Waals surface area contributed by atoms with Gasteiger partial charge in [-0.2, -0.15) is 0 Å².